The van der Waals surface area contributed by atoms with Gasteiger partial charge in [-0.15, -0.1) is 0 Å². The van der Waals surface area contributed by atoms with Crippen LogP contribution in [0.2, 0.25) is 0 Å². The molecule has 0 aliphatic heterocycles. The summed E-state index contributed by atoms with van der Waals surface area (Å²) < 4.78 is 5.48. The number of pyridine rings is 1. The zero-order chi connectivity index (χ0) is 14.4. The molecular weight excluding hydrogens is 252 g/mol. The maximum Gasteiger partial charge on any atom is 0.218 e. The summed E-state index contributed by atoms with van der Waals surface area (Å²) in [6, 6.07) is 7.66. The molecule has 0 aliphatic rings. The third-order valence-corrected chi connectivity index (χ3v) is 2.71. The number of aromatic nitrogens is 3. The number of rotatable bonds is 6. The zero-order valence-corrected chi connectivity index (χ0v) is 12.1. The molecule has 0 bridgehead atoms. The third-order valence-electron chi connectivity index (χ3n) is 2.71. The summed E-state index contributed by atoms with van der Waals surface area (Å²) in [4.78, 5) is 13.2. The van der Waals surface area contributed by atoms with Gasteiger partial charge in [0.1, 0.15) is 11.6 Å². The molecule has 2 aromatic rings. The fraction of sp³-hybridized carbons (Fsp3) is 0.400. The third kappa shape index (κ3) is 3.91. The van der Waals surface area contributed by atoms with Crippen LogP contribution in [-0.2, 0) is 6.54 Å². The van der Waals surface area contributed by atoms with E-state index in [1.165, 1.54) is 0 Å². The summed E-state index contributed by atoms with van der Waals surface area (Å²) in [7, 11) is 0. The fourth-order valence-corrected chi connectivity index (χ4v) is 1.70. The number of ether oxygens (including phenoxy) is 1. The predicted octanol–water partition coefficient (Wildman–Crippen LogP) is 3.01. The van der Waals surface area contributed by atoms with Gasteiger partial charge in [-0.05, 0) is 19.1 Å². The summed E-state index contributed by atoms with van der Waals surface area (Å²) in [6.07, 6.45) is 1.78. The molecule has 0 saturated heterocycles. The molecular formula is C15H20N4O. The molecule has 0 unspecified atom stereocenters. The smallest absolute Gasteiger partial charge is 0.218 e. The van der Waals surface area contributed by atoms with Gasteiger partial charge in [-0.1, -0.05) is 19.9 Å². The van der Waals surface area contributed by atoms with E-state index < -0.39 is 0 Å². The lowest BCUT2D eigenvalue weighted by molar-refractivity contribution is 0.324. The second kappa shape index (κ2) is 6.84. The van der Waals surface area contributed by atoms with Crippen molar-refractivity contribution in [2.75, 3.05) is 11.9 Å². The molecule has 0 spiro atoms. The van der Waals surface area contributed by atoms with Crippen molar-refractivity contribution in [2.24, 2.45) is 0 Å². The van der Waals surface area contributed by atoms with Gasteiger partial charge in [0.2, 0.25) is 5.88 Å². The Morgan fingerprint density at radius 3 is 2.75 bits per heavy atom. The van der Waals surface area contributed by atoms with Gasteiger partial charge in [0.25, 0.3) is 0 Å². The normalized spacial score (nSPS) is 10.6. The predicted molar refractivity (Wildman–Crippen MR) is 78.9 cm³/mol. The van der Waals surface area contributed by atoms with Gasteiger partial charge in [0.15, 0.2) is 0 Å². The maximum absolute atomic E-state index is 5.48. The van der Waals surface area contributed by atoms with Crippen LogP contribution in [0.5, 0.6) is 5.88 Å². The molecule has 2 rings (SSSR count). The minimum atomic E-state index is 0.255. The van der Waals surface area contributed by atoms with Crippen LogP contribution in [0.4, 0.5) is 5.82 Å². The largest absolute Gasteiger partial charge is 0.478 e. The number of nitrogens with one attached hydrogen (secondary N) is 1. The molecule has 2 heterocycles. The fourth-order valence-electron chi connectivity index (χ4n) is 1.70. The van der Waals surface area contributed by atoms with Gasteiger partial charge < -0.3 is 10.1 Å². The van der Waals surface area contributed by atoms with Crippen LogP contribution >= 0.6 is 0 Å². The van der Waals surface area contributed by atoms with Gasteiger partial charge in [-0.3, -0.25) is 4.98 Å². The lowest BCUT2D eigenvalue weighted by Crippen LogP contribution is -2.08. The first kappa shape index (κ1) is 14.2. The van der Waals surface area contributed by atoms with Crippen LogP contribution in [0.25, 0.3) is 0 Å². The minimum absolute atomic E-state index is 0.255. The number of hydrogen-bond donors (Lipinski definition) is 1. The van der Waals surface area contributed by atoms with Crippen LogP contribution in [0, 0.1) is 0 Å². The average Bonchev–Trinajstić information content (AvgIpc) is 2.46. The first-order valence-corrected chi connectivity index (χ1v) is 6.84. The van der Waals surface area contributed by atoms with Crippen molar-refractivity contribution in [1.82, 2.24) is 15.0 Å². The van der Waals surface area contributed by atoms with E-state index >= 15 is 0 Å². The van der Waals surface area contributed by atoms with Gasteiger partial charge >= 0.3 is 0 Å². The quantitative estimate of drug-likeness (QED) is 0.876. The Morgan fingerprint density at radius 2 is 2.10 bits per heavy atom. The molecule has 0 saturated carbocycles. The van der Waals surface area contributed by atoms with Crippen molar-refractivity contribution < 1.29 is 4.74 Å². The van der Waals surface area contributed by atoms with E-state index in [1.807, 2.05) is 31.2 Å². The monoisotopic (exact) mass is 272 g/mol. The van der Waals surface area contributed by atoms with Crippen molar-refractivity contribution in [3.05, 3.63) is 42.0 Å². The number of anilines is 1. The lowest BCUT2D eigenvalue weighted by Gasteiger charge is -2.11. The highest BCUT2D eigenvalue weighted by atomic mass is 16.5. The Morgan fingerprint density at radius 1 is 1.25 bits per heavy atom. The first-order valence-electron chi connectivity index (χ1n) is 6.84. The number of nitrogens with zero attached hydrogens (tertiary/aromatic N) is 3. The van der Waals surface area contributed by atoms with Crippen molar-refractivity contribution in [3.8, 4) is 5.88 Å². The van der Waals surface area contributed by atoms with E-state index in [-0.39, 0.29) is 5.92 Å². The summed E-state index contributed by atoms with van der Waals surface area (Å²) >= 11 is 0. The van der Waals surface area contributed by atoms with E-state index in [2.05, 4.69) is 34.1 Å². The lowest BCUT2D eigenvalue weighted by atomic mass is 10.2. The zero-order valence-electron chi connectivity index (χ0n) is 12.1. The van der Waals surface area contributed by atoms with Crippen molar-refractivity contribution >= 4 is 5.82 Å². The van der Waals surface area contributed by atoms with E-state index in [0.717, 1.165) is 17.3 Å². The highest BCUT2D eigenvalue weighted by molar-refractivity contribution is 5.39. The topological polar surface area (TPSA) is 59.9 Å². The van der Waals surface area contributed by atoms with E-state index in [1.54, 1.807) is 6.20 Å². The van der Waals surface area contributed by atoms with Crippen LogP contribution in [0.15, 0.2) is 30.5 Å². The van der Waals surface area contributed by atoms with Crippen LogP contribution in [0.3, 0.4) is 0 Å². The Hall–Kier alpha value is -2.17. The molecule has 0 aliphatic carbocycles. The Labute approximate surface area is 119 Å². The molecule has 1 N–H and O–H groups in total. The summed E-state index contributed by atoms with van der Waals surface area (Å²) in [5.41, 5.74) is 0.968. The standard InChI is InChI=1S/C15H20N4O/c1-4-20-14-9-13(18-15(19-14)11(2)3)17-10-12-7-5-6-8-16-12/h5-9,11H,4,10H2,1-3H3,(H,17,18,19). The van der Waals surface area contributed by atoms with Crippen molar-refractivity contribution in [1.29, 1.82) is 0 Å². The minimum Gasteiger partial charge on any atom is -0.478 e. The molecule has 0 aromatic carbocycles. The Bertz CT molecular complexity index is 543. The van der Waals surface area contributed by atoms with Crippen LogP contribution in [0.1, 0.15) is 38.2 Å². The molecule has 5 nitrogen and oxygen atoms in total. The molecule has 106 valence electrons. The molecule has 0 atom stereocenters. The average molecular weight is 272 g/mol. The second-order valence-corrected chi connectivity index (χ2v) is 4.71. The van der Waals surface area contributed by atoms with Crippen LogP contribution in [-0.4, -0.2) is 21.6 Å². The Kier molecular flexibility index (Phi) is 4.87. The molecule has 5 heteroatoms. The van der Waals surface area contributed by atoms with Gasteiger partial charge in [-0.2, -0.15) is 4.98 Å². The highest BCUT2D eigenvalue weighted by Crippen LogP contribution is 2.18. The SMILES string of the molecule is CCOc1cc(NCc2ccccn2)nc(C(C)C)n1. The highest BCUT2D eigenvalue weighted by Gasteiger charge is 2.08. The van der Waals surface area contributed by atoms with Crippen LogP contribution < -0.4 is 10.1 Å². The Balaban J connectivity index is 2.13. The van der Waals surface area contributed by atoms with Gasteiger partial charge in [0, 0.05) is 18.2 Å². The van der Waals surface area contributed by atoms with Gasteiger partial charge in [-0.25, -0.2) is 4.98 Å². The van der Waals surface area contributed by atoms with E-state index in [4.69, 9.17) is 4.74 Å². The molecule has 0 radical (unpaired) electrons. The van der Waals surface area contributed by atoms with E-state index in [0.29, 0.717) is 19.0 Å². The molecule has 20 heavy (non-hydrogen) atoms. The second-order valence-electron chi connectivity index (χ2n) is 4.71. The summed E-state index contributed by atoms with van der Waals surface area (Å²) in [5, 5.41) is 3.26. The first-order chi connectivity index (χ1) is 9.69. The molecule has 0 amide bonds. The van der Waals surface area contributed by atoms with Crippen molar-refractivity contribution in [3.63, 3.8) is 0 Å². The molecule has 2 aromatic heterocycles. The maximum atomic E-state index is 5.48. The number of hydrogen-bond acceptors (Lipinski definition) is 5. The van der Waals surface area contributed by atoms with Crippen molar-refractivity contribution in [2.45, 2.75) is 33.2 Å². The van der Waals surface area contributed by atoms with Gasteiger partial charge in [0.05, 0.1) is 18.8 Å². The molecule has 0 fully saturated rings. The summed E-state index contributed by atoms with van der Waals surface area (Å²) in [5.74, 6) is 2.40. The van der Waals surface area contributed by atoms with E-state index in [9.17, 15) is 0 Å². The summed E-state index contributed by atoms with van der Waals surface area (Å²) in [6.45, 7) is 7.29.